The summed E-state index contributed by atoms with van der Waals surface area (Å²) >= 11 is 0. The van der Waals surface area contributed by atoms with Crippen molar-refractivity contribution >= 4 is 15.9 Å². The maximum atomic E-state index is 13.2. The third kappa shape index (κ3) is 4.98. The van der Waals surface area contributed by atoms with Gasteiger partial charge in [0.25, 0.3) is 0 Å². The number of nitrogens with two attached hydrogens (primary N) is 1. The zero-order valence-electron chi connectivity index (χ0n) is 12.0. The lowest BCUT2D eigenvalue weighted by molar-refractivity contribution is 0.314. The van der Waals surface area contributed by atoms with Gasteiger partial charge in [-0.25, -0.2) is 12.8 Å². The number of rotatable bonds is 7. The highest BCUT2D eigenvalue weighted by molar-refractivity contribution is 7.89. The topological polar surface area (TPSA) is 96.0 Å². The molecule has 1 aromatic rings. The van der Waals surface area contributed by atoms with E-state index in [0.717, 1.165) is 6.07 Å². The average Bonchev–Trinajstić information content (AvgIpc) is 2.42. The van der Waals surface area contributed by atoms with E-state index in [-0.39, 0.29) is 36.2 Å². The Kier molecular flexibility index (Phi) is 6.10. The maximum absolute atomic E-state index is 13.2. The third-order valence-electron chi connectivity index (χ3n) is 2.75. The van der Waals surface area contributed by atoms with Gasteiger partial charge in [-0.1, -0.05) is 25.1 Å². The SMILES string of the molecule is CC(C)CN(CCC(N)=NO)S(=O)(=O)c1cccc(F)c1. The first-order valence-corrected chi connectivity index (χ1v) is 7.93. The van der Waals surface area contributed by atoms with E-state index in [9.17, 15) is 12.8 Å². The number of amidine groups is 1. The molecule has 118 valence electrons. The molecule has 0 saturated carbocycles. The average molecular weight is 317 g/mol. The summed E-state index contributed by atoms with van der Waals surface area (Å²) in [7, 11) is -3.82. The van der Waals surface area contributed by atoms with Crippen LogP contribution in [0.5, 0.6) is 0 Å². The molecule has 3 N–H and O–H groups in total. The van der Waals surface area contributed by atoms with Gasteiger partial charge in [0, 0.05) is 19.5 Å². The van der Waals surface area contributed by atoms with Gasteiger partial charge in [0.15, 0.2) is 0 Å². The van der Waals surface area contributed by atoms with E-state index in [1.54, 1.807) is 0 Å². The molecule has 6 nitrogen and oxygen atoms in total. The fourth-order valence-corrected chi connectivity index (χ4v) is 3.42. The van der Waals surface area contributed by atoms with Crippen LogP contribution in [0, 0.1) is 11.7 Å². The first-order valence-electron chi connectivity index (χ1n) is 6.49. The minimum absolute atomic E-state index is 0.0572. The van der Waals surface area contributed by atoms with E-state index < -0.39 is 15.8 Å². The second-order valence-electron chi connectivity index (χ2n) is 5.06. The van der Waals surface area contributed by atoms with Crippen molar-refractivity contribution < 1.29 is 18.0 Å². The molecule has 21 heavy (non-hydrogen) atoms. The predicted molar refractivity (Wildman–Crippen MR) is 78.0 cm³/mol. The summed E-state index contributed by atoms with van der Waals surface area (Å²) < 4.78 is 39.5. The zero-order valence-corrected chi connectivity index (χ0v) is 12.8. The molecule has 1 rings (SSSR count). The van der Waals surface area contributed by atoms with E-state index >= 15 is 0 Å². The van der Waals surface area contributed by atoms with Crippen LogP contribution in [0.25, 0.3) is 0 Å². The van der Waals surface area contributed by atoms with Gasteiger partial charge < -0.3 is 10.9 Å². The van der Waals surface area contributed by atoms with Crippen molar-refractivity contribution in [3.63, 3.8) is 0 Å². The summed E-state index contributed by atoms with van der Waals surface area (Å²) in [5, 5.41) is 11.4. The number of hydrogen-bond donors (Lipinski definition) is 2. The molecule has 1 aromatic carbocycles. The fourth-order valence-electron chi connectivity index (χ4n) is 1.78. The zero-order chi connectivity index (χ0) is 16.0. The van der Waals surface area contributed by atoms with Crippen LogP contribution in [-0.2, 0) is 10.0 Å². The van der Waals surface area contributed by atoms with Gasteiger partial charge in [0.2, 0.25) is 10.0 Å². The molecular formula is C13H20FN3O3S. The number of halogens is 1. The summed E-state index contributed by atoms with van der Waals surface area (Å²) in [6.45, 7) is 4.07. The molecule has 0 spiro atoms. The minimum atomic E-state index is -3.82. The Morgan fingerprint density at radius 2 is 2.14 bits per heavy atom. The monoisotopic (exact) mass is 317 g/mol. The van der Waals surface area contributed by atoms with Crippen molar-refractivity contribution in [3.05, 3.63) is 30.1 Å². The molecule has 0 aliphatic heterocycles. The number of hydrogen-bond acceptors (Lipinski definition) is 4. The number of benzene rings is 1. The van der Waals surface area contributed by atoms with Crippen molar-refractivity contribution in [2.75, 3.05) is 13.1 Å². The maximum Gasteiger partial charge on any atom is 0.243 e. The van der Waals surface area contributed by atoms with Crippen molar-refractivity contribution in [3.8, 4) is 0 Å². The Morgan fingerprint density at radius 3 is 2.67 bits per heavy atom. The molecule has 0 aliphatic carbocycles. The van der Waals surface area contributed by atoms with Crippen LogP contribution in [0.3, 0.4) is 0 Å². The highest BCUT2D eigenvalue weighted by Crippen LogP contribution is 2.18. The Labute approximate surface area is 124 Å². The lowest BCUT2D eigenvalue weighted by atomic mass is 10.2. The van der Waals surface area contributed by atoms with Gasteiger partial charge in [-0.05, 0) is 24.1 Å². The standard InChI is InChI=1S/C13H20FN3O3S/c1-10(2)9-17(7-6-13(15)16-18)21(19,20)12-5-3-4-11(14)8-12/h3-5,8,10,18H,6-7,9H2,1-2H3,(H2,15,16). The summed E-state index contributed by atoms with van der Waals surface area (Å²) in [5.41, 5.74) is 5.38. The van der Waals surface area contributed by atoms with Crippen LogP contribution in [0.15, 0.2) is 34.3 Å². The molecule has 0 bridgehead atoms. The first-order chi connectivity index (χ1) is 9.77. The molecule has 0 aliphatic rings. The van der Waals surface area contributed by atoms with Crippen molar-refractivity contribution in [2.45, 2.75) is 25.2 Å². The van der Waals surface area contributed by atoms with E-state index in [1.807, 2.05) is 13.8 Å². The first kappa shape index (κ1) is 17.4. The number of nitrogens with zero attached hydrogens (tertiary/aromatic N) is 2. The Balaban J connectivity index is 3.05. The molecule has 0 amide bonds. The van der Waals surface area contributed by atoms with E-state index in [1.165, 1.54) is 22.5 Å². The van der Waals surface area contributed by atoms with E-state index in [0.29, 0.717) is 0 Å². The van der Waals surface area contributed by atoms with Crippen LogP contribution in [-0.4, -0.2) is 36.9 Å². The summed E-state index contributed by atoms with van der Waals surface area (Å²) in [6, 6.07) is 4.85. The molecular weight excluding hydrogens is 297 g/mol. The summed E-state index contributed by atoms with van der Waals surface area (Å²) in [4.78, 5) is -0.109. The number of sulfonamides is 1. The highest BCUT2D eigenvalue weighted by Gasteiger charge is 2.25. The molecule has 8 heteroatoms. The van der Waals surface area contributed by atoms with Crippen LogP contribution in [0.2, 0.25) is 0 Å². The van der Waals surface area contributed by atoms with Gasteiger partial charge >= 0.3 is 0 Å². The Morgan fingerprint density at radius 1 is 1.48 bits per heavy atom. The smallest absolute Gasteiger partial charge is 0.243 e. The van der Waals surface area contributed by atoms with Crippen LogP contribution < -0.4 is 5.73 Å². The fraction of sp³-hybridized carbons (Fsp3) is 0.462. The number of oxime groups is 1. The highest BCUT2D eigenvalue weighted by atomic mass is 32.2. The Hall–Kier alpha value is -1.67. The minimum Gasteiger partial charge on any atom is -0.409 e. The second-order valence-corrected chi connectivity index (χ2v) is 6.99. The Bertz CT molecular complexity index is 602. The lowest BCUT2D eigenvalue weighted by Crippen LogP contribution is -2.36. The van der Waals surface area contributed by atoms with Crippen molar-refractivity contribution in [1.29, 1.82) is 0 Å². The molecule has 0 saturated heterocycles. The van der Waals surface area contributed by atoms with Crippen LogP contribution in [0.4, 0.5) is 4.39 Å². The van der Waals surface area contributed by atoms with Gasteiger partial charge in [-0.2, -0.15) is 4.31 Å². The normalized spacial score (nSPS) is 13.1. The van der Waals surface area contributed by atoms with E-state index in [2.05, 4.69) is 5.16 Å². The molecule has 0 fully saturated rings. The quantitative estimate of drug-likeness (QED) is 0.345. The van der Waals surface area contributed by atoms with Gasteiger partial charge in [-0.15, -0.1) is 0 Å². The van der Waals surface area contributed by atoms with Crippen molar-refractivity contribution in [1.82, 2.24) is 4.31 Å². The summed E-state index contributed by atoms with van der Waals surface area (Å²) in [5.74, 6) is -0.587. The van der Waals surface area contributed by atoms with Gasteiger partial charge in [-0.3, -0.25) is 0 Å². The largest absolute Gasteiger partial charge is 0.409 e. The van der Waals surface area contributed by atoms with Crippen LogP contribution >= 0.6 is 0 Å². The molecule has 0 aromatic heterocycles. The van der Waals surface area contributed by atoms with E-state index in [4.69, 9.17) is 10.9 Å². The van der Waals surface area contributed by atoms with Gasteiger partial charge in [0.05, 0.1) is 4.90 Å². The van der Waals surface area contributed by atoms with Gasteiger partial charge in [0.1, 0.15) is 11.7 Å². The summed E-state index contributed by atoms with van der Waals surface area (Å²) in [6.07, 6.45) is 0.0950. The predicted octanol–water partition coefficient (Wildman–Crippen LogP) is 1.61. The molecule has 0 radical (unpaired) electrons. The molecule has 0 atom stereocenters. The lowest BCUT2D eigenvalue weighted by Gasteiger charge is -2.23. The molecule has 0 unspecified atom stereocenters. The van der Waals surface area contributed by atoms with Crippen molar-refractivity contribution in [2.24, 2.45) is 16.8 Å². The van der Waals surface area contributed by atoms with Crippen LogP contribution in [0.1, 0.15) is 20.3 Å². The third-order valence-corrected chi connectivity index (χ3v) is 4.61. The second kappa shape index (κ2) is 7.37. The molecule has 0 heterocycles.